The van der Waals surface area contributed by atoms with Crippen LogP contribution in [0.15, 0.2) is 23.7 Å². The molecule has 4 atom stereocenters. The van der Waals surface area contributed by atoms with Crippen molar-refractivity contribution in [2.75, 3.05) is 14.2 Å². The molecule has 0 radical (unpaired) electrons. The maximum absolute atomic E-state index is 12.6. The van der Waals surface area contributed by atoms with Crippen LogP contribution in [0, 0.1) is 23.2 Å². The maximum Gasteiger partial charge on any atom is 0.208 e. The predicted molar refractivity (Wildman–Crippen MR) is 63.4 cm³/mol. The van der Waals surface area contributed by atoms with Crippen molar-refractivity contribution in [1.82, 2.24) is 0 Å². The molecular weight excluding hydrogens is 232 g/mol. The number of Topliss-reactive ketones (excluding diaryl/α,β-unsaturated/α-hetero) is 2. The minimum Gasteiger partial charge on any atom is -0.490 e. The van der Waals surface area contributed by atoms with E-state index in [4.69, 9.17) is 9.47 Å². The maximum atomic E-state index is 12.6. The average Bonchev–Trinajstić information content (AvgIpc) is 2.93. The van der Waals surface area contributed by atoms with Gasteiger partial charge in [0, 0.05) is 5.92 Å². The average molecular weight is 248 g/mol. The summed E-state index contributed by atoms with van der Waals surface area (Å²) in [6.07, 6.45) is 5.01. The Morgan fingerprint density at radius 1 is 1.17 bits per heavy atom. The molecule has 0 aromatic heterocycles. The Morgan fingerprint density at radius 2 is 1.83 bits per heavy atom. The predicted octanol–water partition coefficient (Wildman–Crippen LogP) is 1.47. The number of allylic oxidation sites excluding steroid dienone is 4. The van der Waals surface area contributed by atoms with Gasteiger partial charge >= 0.3 is 0 Å². The van der Waals surface area contributed by atoms with Gasteiger partial charge in [0.2, 0.25) is 23.1 Å². The van der Waals surface area contributed by atoms with Crippen LogP contribution in [0.4, 0.5) is 0 Å². The van der Waals surface area contributed by atoms with Gasteiger partial charge < -0.3 is 9.47 Å². The molecule has 1 saturated carbocycles. The summed E-state index contributed by atoms with van der Waals surface area (Å²) in [5.41, 5.74) is -0.649. The number of ether oxygens (including phenoxy) is 2. The zero-order valence-corrected chi connectivity index (χ0v) is 10.7. The molecule has 0 aliphatic heterocycles. The van der Waals surface area contributed by atoms with Gasteiger partial charge in [-0.25, -0.2) is 0 Å². The number of carbonyl (C=O) groups excluding carboxylic acids is 2. The second-order valence-electron chi connectivity index (χ2n) is 5.41. The van der Waals surface area contributed by atoms with Crippen molar-refractivity contribution in [2.24, 2.45) is 23.2 Å². The number of hydrogen-bond donors (Lipinski definition) is 0. The highest BCUT2D eigenvalue weighted by molar-refractivity contribution is 6.14. The summed E-state index contributed by atoms with van der Waals surface area (Å²) in [5, 5.41) is 0. The second-order valence-corrected chi connectivity index (χ2v) is 5.41. The van der Waals surface area contributed by atoms with Gasteiger partial charge in [0.05, 0.1) is 19.6 Å². The molecule has 0 N–H and O–H groups in total. The van der Waals surface area contributed by atoms with Crippen LogP contribution < -0.4 is 0 Å². The first-order valence-corrected chi connectivity index (χ1v) is 6.15. The summed E-state index contributed by atoms with van der Waals surface area (Å²) in [7, 11) is 2.82. The van der Waals surface area contributed by atoms with Crippen LogP contribution >= 0.6 is 0 Å². The molecule has 18 heavy (non-hydrogen) atoms. The molecule has 4 nitrogen and oxygen atoms in total. The Balaban J connectivity index is 2.18. The molecule has 2 bridgehead atoms. The molecule has 3 aliphatic rings. The molecule has 0 amide bonds. The van der Waals surface area contributed by atoms with E-state index in [-0.39, 0.29) is 40.8 Å². The lowest BCUT2D eigenvalue weighted by molar-refractivity contribution is -0.143. The number of carbonyl (C=O) groups is 2. The van der Waals surface area contributed by atoms with E-state index in [1.54, 1.807) is 0 Å². The van der Waals surface area contributed by atoms with E-state index in [0.29, 0.717) is 0 Å². The lowest BCUT2D eigenvalue weighted by Crippen LogP contribution is -2.49. The van der Waals surface area contributed by atoms with Gasteiger partial charge in [-0.3, -0.25) is 9.59 Å². The molecular formula is C14H16O4. The number of rotatable bonds is 2. The Kier molecular flexibility index (Phi) is 2.22. The third-order valence-corrected chi connectivity index (χ3v) is 4.78. The number of methoxy groups -OCH3 is 2. The Morgan fingerprint density at radius 3 is 2.44 bits per heavy atom. The van der Waals surface area contributed by atoms with Crippen LogP contribution in [-0.4, -0.2) is 25.8 Å². The summed E-state index contributed by atoms with van der Waals surface area (Å²) in [6, 6.07) is 0. The third kappa shape index (κ3) is 1.06. The van der Waals surface area contributed by atoms with Crippen LogP contribution in [0.2, 0.25) is 0 Å². The lowest BCUT2D eigenvalue weighted by Gasteiger charge is -2.40. The lowest BCUT2D eigenvalue weighted by atomic mass is 9.62. The van der Waals surface area contributed by atoms with E-state index in [2.05, 4.69) is 12.2 Å². The molecule has 1 unspecified atom stereocenters. The Bertz CT molecular complexity index is 502. The van der Waals surface area contributed by atoms with E-state index >= 15 is 0 Å². The minimum absolute atomic E-state index is 0.0854. The summed E-state index contributed by atoms with van der Waals surface area (Å²) in [6.45, 7) is 1.89. The van der Waals surface area contributed by atoms with Gasteiger partial charge in [-0.2, -0.15) is 0 Å². The Labute approximate surface area is 106 Å². The molecule has 0 heterocycles. The van der Waals surface area contributed by atoms with Crippen molar-refractivity contribution in [3.8, 4) is 0 Å². The first-order chi connectivity index (χ1) is 8.55. The highest BCUT2D eigenvalue weighted by Gasteiger charge is 2.64. The second kappa shape index (κ2) is 3.46. The van der Waals surface area contributed by atoms with Crippen molar-refractivity contribution in [3.63, 3.8) is 0 Å². The third-order valence-electron chi connectivity index (χ3n) is 4.78. The summed E-state index contributed by atoms with van der Waals surface area (Å²) < 4.78 is 10.2. The fourth-order valence-corrected chi connectivity index (χ4v) is 3.85. The summed E-state index contributed by atoms with van der Waals surface area (Å²) in [5.74, 6) is 0.0195. The van der Waals surface area contributed by atoms with Crippen LogP contribution in [-0.2, 0) is 19.1 Å². The number of fused-ring (bicyclic) bond motifs is 5. The van der Waals surface area contributed by atoms with E-state index in [1.165, 1.54) is 14.2 Å². The fourth-order valence-electron chi connectivity index (χ4n) is 3.85. The largest absolute Gasteiger partial charge is 0.490 e. The van der Waals surface area contributed by atoms with E-state index in [0.717, 1.165) is 6.42 Å². The first-order valence-electron chi connectivity index (χ1n) is 6.15. The first kappa shape index (κ1) is 11.5. The smallest absolute Gasteiger partial charge is 0.208 e. The molecule has 4 heteroatoms. The summed E-state index contributed by atoms with van der Waals surface area (Å²) >= 11 is 0. The van der Waals surface area contributed by atoms with Gasteiger partial charge in [-0.1, -0.05) is 19.1 Å². The van der Waals surface area contributed by atoms with Crippen LogP contribution in [0.25, 0.3) is 0 Å². The molecule has 0 saturated heterocycles. The van der Waals surface area contributed by atoms with Crippen molar-refractivity contribution in [1.29, 1.82) is 0 Å². The van der Waals surface area contributed by atoms with Crippen molar-refractivity contribution in [3.05, 3.63) is 23.7 Å². The van der Waals surface area contributed by atoms with Gasteiger partial charge in [0.15, 0.2) is 0 Å². The van der Waals surface area contributed by atoms with Gasteiger partial charge in [-0.15, -0.1) is 0 Å². The van der Waals surface area contributed by atoms with Gasteiger partial charge in [-0.05, 0) is 18.3 Å². The van der Waals surface area contributed by atoms with Crippen LogP contribution in [0.1, 0.15) is 13.3 Å². The topological polar surface area (TPSA) is 52.6 Å². The normalized spacial score (nSPS) is 41.4. The highest BCUT2D eigenvalue weighted by atomic mass is 16.5. The molecule has 1 fully saturated rings. The fraction of sp³-hybridized carbons (Fsp3) is 0.571. The quantitative estimate of drug-likeness (QED) is 0.694. The molecule has 96 valence electrons. The summed E-state index contributed by atoms with van der Waals surface area (Å²) in [4.78, 5) is 25.1. The zero-order chi connectivity index (χ0) is 13.1. The minimum atomic E-state index is -0.649. The van der Waals surface area contributed by atoms with Crippen molar-refractivity contribution in [2.45, 2.75) is 13.3 Å². The van der Waals surface area contributed by atoms with Gasteiger partial charge in [0.1, 0.15) is 0 Å². The van der Waals surface area contributed by atoms with Crippen molar-refractivity contribution < 1.29 is 19.1 Å². The number of hydrogen-bond acceptors (Lipinski definition) is 4. The molecule has 0 aromatic carbocycles. The zero-order valence-electron chi connectivity index (χ0n) is 10.7. The molecule has 3 aliphatic carbocycles. The molecule has 0 aromatic rings. The molecule has 3 rings (SSSR count). The van der Waals surface area contributed by atoms with E-state index < -0.39 is 5.41 Å². The monoisotopic (exact) mass is 248 g/mol. The van der Waals surface area contributed by atoms with Gasteiger partial charge in [0.25, 0.3) is 0 Å². The molecule has 0 spiro atoms. The van der Waals surface area contributed by atoms with Crippen LogP contribution in [0.5, 0.6) is 0 Å². The Hall–Kier alpha value is -1.58. The van der Waals surface area contributed by atoms with Crippen molar-refractivity contribution >= 4 is 11.6 Å². The van der Waals surface area contributed by atoms with Crippen LogP contribution in [0.3, 0.4) is 0 Å². The van der Waals surface area contributed by atoms with E-state index in [9.17, 15) is 9.59 Å². The highest BCUT2D eigenvalue weighted by Crippen LogP contribution is 2.60. The standard InChI is InChI=1S/C14H16O4/c1-14-8-5-4-7(6-8)9(14)10(15)11(17-2)12(18-3)13(14)16/h4-5,7-9H,6H2,1-3H3/t7-,8+,9?,14+/m1/s1. The number of ketones is 2. The van der Waals surface area contributed by atoms with E-state index in [1.807, 2.05) is 6.92 Å². The SMILES string of the molecule is COC1=C(OC)C(=O)[C@]2(C)C(C1=O)[C@@H]1C=C[C@H]2C1.